The molecule has 0 aliphatic heterocycles. The Morgan fingerprint density at radius 1 is 1.25 bits per heavy atom. The maximum Gasteiger partial charge on any atom is 0.336 e. The zero-order valence-corrected chi connectivity index (χ0v) is 8.31. The summed E-state index contributed by atoms with van der Waals surface area (Å²) in [6.07, 6.45) is 0. The molecule has 7 nitrogen and oxygen atoms in total. The molecule has 3 aromatic rings. The number of rotatable bonds is 0. The standard InChI is InChI=1S/C9H7N5O2/c1-14-5-3-2-4-6(7(5)12-13-14)11-9(16)8(15)10-4/h2-3,13H,1H3,(H,10,15). The van der Waals surface area contributed by atoms with Crippen LogP contribution in [-0.4, -0.2) is 25.0 Å². The second kappa shape index (κ2) is 2.78. The summed E-state index contributed by atoms with van der Waals surface area (Å²) in [6, 6.07) is 3.49. The van der Waals surface area contributed by atoms with Crippen molar-refractivity contribution in [3.05, 3.63) is 32.8 Å². The molecule has 2 heterocycles. The Hall–Kier alpha value is -2.44. The molecule has 0 saturated heterocycles. The third-order valence-electron chi connectivity index (χ3n) is 2.46. The summed E-state index contributed by atoms with van der Waals surface area (Å²) < 4.78 is 1.70. The lowest BCUT2D eigenvalue weighted by atomic mass is 10.2. The monoisotopic (exact) mass is 217 g/mol. The lowest BCUT2D eigenvalue weighted by molar-refractivity contribution is 0.736. The van der Waals surface area contributed by atoms with Gasteiger partial charge in [-0.25, -0.2) is 10.2 Å². The van der Waals surface area contributed by atoms with E-state index < -0.39 is 11.1 Å². The van der Waals surface area contributed by atoms with Gasteiger partial charge in [0.15, 0.2) is 0 Å². The van der Waals surface area contributed by atoms with Gasteiger partial charge in [0.05, 0.1) is 11.0 Å². The summed E-state index contributed by atoms with van der Waals surface area (Å²) in [5.41, 5.74) is 0.764. The van der Waals surface area contributed by atoms with Crippen molar-refractivity contribution in [2.45, 2.75) is 0 Å². The molecule has 0 unspecified atom stereocenters. The third-order valence-corrected chi connectivity index (χ3v) is 2.46. The van der Waals surface area contributed by atoms with Gasteiger partial charge in [-0.15, -0.1) is 0 Å². The number of nitrogens with zero attached hydrogens (tertiary/aromatic N) is 3. The first-order valence-corrected chi connectivity index (χ1v) is 4.61. The molecule has 1 aromatic carbocycles. The van der Waals surface area contributed by atoms with E-state index in [1.807, 2.05) is 0 Å². The Kier molecular flexibility index (Phi) is 1.54. The zero-order valence-electron chi connectivity index (χ0n) is 8.31. The average molecular weight is 217 g/mol. The van der Waals surface area contributed by atoms with Crippen LogP contribution in [0.2, 0.25) is 0 Å². The third kappa shape index (κ3) is 1.02. The largest absolute Gasteiger partial charge is 0.336 e. The first kappa shape index (κ1) is 8.84. The molecule has 0 aliphatic rings. The summed E-state index contributed by atoms with van der Waals surface area (Å²) in [7, 11) is 1.80. The van der Waals surface area contributed by atoms with E-state index in [4.69, 9.17) is 0 Å². The van der Waals surface area contributed by atoms with Crippen molar-refractivity contribution in [2.75, 3.05) is 0 Å². The Balaban J connectivity index is 2.65. The molecule has 16 heavy (non-hydrogen) atoms. The van der Waals surface area contributed by atoms with Crippen LogP contribution in [0, 0.1) is 0 Å². The van der Waals surface area contributed by atoms with Crippen molar-refractivity contribution in [3.8, 4) is 0 Å². The SMILES string of the molecule is Cn1[nH]nc2c3nc(=O)c(=O)[nH]c3ccc21. The topological polar surface area (TPSA) is 96.4 Å². The van der Waals surface area contributed by atoms with E-state index in [0.29, 0.717) is 16.6 Å². The highest BCUT2D eigenvalue weighted by atomic mass is 16.2. The highest BCUT2D eigenvalue weighted by Crippen LogP contribution is 2.17. The van der Waals surface area contributed by atoms with Crippen molar-refractivity contribution < 1.29 is 0 Å². The lowest BCUT2D eigenvalue weighted by Crippen LogP contribution is -2.28. The molecule has 80 valence electrons. The van der Waals surface area contributed by atoms with Crippen LogP contribution >= 0.6 is 0 Å². The quantitative estimate of drug-likeness (QED) is 0.496. The van der Waals surface area contributed by atoms with Crippen LogP contribution in [0.5, 0.6) is 0 Å². The molecule has 0 aliphatic carbocycles. The molecule has 0 bridgehead atoms. The average Bonchev–Trinajstić information content (AvgIpc) is 2.63. The maximum atomic E-state index is 11.2. The second-order valence-electron chi connectivity index (χ2n) is 3.47. The fourth-order valence-electron chi connectivity index (χ4n) is 1.67. The van der Waals surface area contributed by atoms with Gasteiger partial charge < -0.3 is 4.98 Å². The van der Waals surface area contributed by atoms with Gasteiger partial charge in [0, 0.05) is 7.05 Å². The van der Waals surface area contributed by atoms with Crippen molar-refractivity contribution >= 4 is 22.1 Å². The molecule has 2 aromatic heterocycles. The van der Waals surface area contributed by atoms with E-state index in [-0.39, 0.29) is 0 Å². The van der Waals surface area contributed by atoms with E-state index in [1.54, 1.807) is 23.9 Å². The van der Waals surface area contributed by atoms with E-state index in [9.17, 15) is 9.59 Å². The maximum absolute atomic E-state index is 11.2. The van der Waals surface area contributed by atoms with Crippen LogP contribution in [-0.2, 0) is 7.05 Å². The minimum atomic E-state index is -0.800. The van der Waals surface area contributed by atoms with E-state index in [2.05, 4.69) is 20.3 Å². The first-order chi connectivity index (χ1) is 7.66. The van der Waals surface area contributed by atoms with E-state index in [0.717, 1.165) is 5.52 Å². The smallest absolute Gasteiger partial charge is 0.316 e. The lowest BCUT2D eigenvalue weighted by Gasteiger charge is -1.96. The number of nitrogens with one attached hydrogen (secondary N) is 2. The molecular weight excluding hydrogens is 210 g/mol. The highest BCUT2D eigenvalue weighted by molar-refractivity contribution is 5.99. The molecule has 0 atom stereocenters. The Morgan fingerprint density at radius 2 is 2.06 bits per heavy atom. The van der Waals surface area contributed by atoms with E-state index in [1.165, 1.54) is 0 Å². The molecular formula is C9H7N5O2. The predicted molar refractivity (Wildman–Crippen MR) is 57.3 cm³/mol. The normalized spacial score (nSPS) is 11.3. The molecule has 7 heteroatoms. The van der Waals surface area contributed by atoms with Crippen molar-refractivity contribution in [3.63, 3.8) is 0 Å². The van der Waals surface area contributed by atoms with Gasteiger partial charge in [-0.3, -0.25) is 14.3 Å². The van der Waals surface area contributed by atoms with Gasteiger partial charge in [0.2, 0.25) is 0 Å². The number of aromatic nitrogens is 5. The molecule has 0 fully saturated rings. The summed E-state index contributed by atoms with van der Waals surface area (Å²) >= 11 is 0. The van der Waals surface area contributed by atoms with Crippen LogP contribution < -0.4 is 11.1 Å². The van der Waals surface area contributed by atoms with Crippen molar-refractivity contribution in [2.24, 2.45) is 7.05 Å². The fraction of sp³-hybridized carbons (Fsp3) is 0.111. The van der Waals surface area contributed by atoms with Crippen LogP contribution in [0.25, 0.3) is 22.1 Å². The molecule has 0 spiro atoms. The zero-order chi connectivity index (χ0) is 11.3. The van der Waals surface area contributed by atoms with Gasteiger partial charge >= 0.3 is 11.1 Å². The van der Waals surface area contributed by atoms with E-state index >= 15 is 0 Å². The number of H-pyrrole nitrogens is 2. The second-order valence-corrected chi connectivity index (χ2v) is 3.47. The molecule has 0 saturated carbocycles. The van der Waals surface area contributed by atoms with Crippen molar-refractivity contribution in [1.29, 1.82) is 0 Å². The summed E-state index contributed by atoms with van der Waals surface area (Å²) in [4.78, 5) is 28.5. The highest BCUT2D eigenvalue weighted by Gasteiger charge is 2.08. The number of aryl methyl sites for hydroxylation is 1. The van der Waals surface area contributed by atoms with Crippen LogP contribution in [0.4, 0.5) is 0 Å². The summed E-state index contributed by atoms with van der Waals surface area (Å²) in [5, 5.41) is 6.77. The number of hydrogen-bond donors (Lipinski definition) is 2. The van der Waals surface area contributed by atoms with Crippen LogP contribution in [0.15, 0.2) is 21.7 Å². The number of benzene rings is 1. The molecule has 3 rings (SSSR count). The van der Waals surface area contributed by atoms with Crippen LogP contribution in [0.3, 0.4) is 0 Å². The van der Waals surface area contributed by atoms with Gasteiger partial charge in [0.25, 0.3) is 0 Å². The van der Waals surface area contributed by atoms with Crippen molar-refractivity contribution in [1.82, 2.24) is 25.0 Å². The molecule has 0 amide bonds. The number of aromatic amines is 2. The first-order valence-electron chi connectivity index (χ1n) is 4.61. The Labute approximate surface area is 87.7 Å². The minimum absolute atomic E-state index is 0.402. The fourth-order valence-corrected chi connectivity index (χ4v) is 1.67. The minimum Gasteiger partial charge on any atom is -0.316 e. The van der Waals surface area contributed by atoms with Crippen LogP contribution in [0.1, 0.15) is 0 Å². The Morgan fingerprint density at radius 3 is 2.88 bits per heavy atom. The van der Waals surface area contributed by atoms with Gasteiger partial charge in [-0.2, -0.15) is 5.10 Å². The molecule has 0 radical (unpaired) electrons. The number of hydrogen-bond acceptors (Lipinski definition) is 4. The summed E-state index contributed by atoms with van der Waals surface area (Å²) in [6.45, 7) is 0. The summed E-state index contributed by atoms with van der Waals surface area (Å²) in [5.74, 6) is 0. The number of fused-ring (bicyclic) bond motifs is 3. The predicted octanol–water partition coefficient (Wildman–Crippen LogP) is -0.502. The molecule has 2 N–H and O–H groups in total. The van der Waals surface area contributed by atoms with Gasteiger partial charge in [0.1, 0.15) is 11.0 Å². The van der Waals surface area contributed by atoms with Gasteiger partial charge in [-0.1, -0.05) is 0 Å². The Bertz CT molecular complexity index is 810. The van der Waals surface area contributed by atoms with Gasteiger partial charge in [-0.05, 0) is 12.1 Å².